The van der Waals surface area contributed by atoms with E-state index in [1.807, 2.05) is 6.92 Å². The number of nitrogens with zero attached hydrogens (tertiary/aromatic N) is 1. The maximum atomic E-state index is 11.5. The number of anilines is 1. The van der Waals surface area contributed by atoms with Gasteiger partial charge < -0.3 is 15.2 Å². The van der Waals surface area contributed by atoms with Crippen molar-refractivity contribution in [2.24, 2.45) is 0 Å². The summed E-state index contributed by atoms with van der Waals surface area (Å²) in [6.07, 6.45) is 0. The molecule has 0 unspecified atom stereocenters. The van der Waals surface area contributed by atoms with Crippen molar-refractivity contribution in [2.75, 3.05) is 20.0 Å². The maximum Gasteiger partial charge on any atom is 0.350 e. The quantitative estimate of drug-likeness (QED) is 0.827. The Kier molecular flexibility index (Phi) is 2.89. The molecule has 2 aromatic heterocycles. The van der Waals surface area contributed by atoms with Crippen molar-refractivity contribution in [3.63, 3.8) is 0 Å². The first kappa shape index (κ1) is 11.7. The van der Waals surface area contributed by atoms with Gasteiger partial charge >= 0.3 is 5.97 Å². The van der Waals surface area contributed by atoms with Crippen LogP contribution in [0.4, 0.5) is 5.69 Å². The first-order chi connectivity index (χ1) is 8.08. The third-order valence-corrected chi connectivity index (χ3v) is 3.46. The van der Waals surface area contributed by atoms with E-state index in [0.29, 0.717) is 26.5 Å². The normalized spacial score (nSPS) is 10.5. The van der Waals surface area contributed by atoms with E-state index < -0.39 is 5.97 Å². The van der Waals surface area contributed by atoms with Crippen LogP contribution in [-0.4, -0.2) is 25.2 Å². The van der Waals surface area contributed by atoms with E-state index >= 15 is 0 Å². The highest BCUT2D eigenvalue weighted by atomic mass is 32.1. The zero-order valence-electron chi connectivity index (χ0n) is 9.73. The Balaban J connectivity index is 2.77. The van der Waals surface area contributed by atoms with Crippen LogP contribution in [0.5, 0.6) is 5.75 Å². The van der Waals surface area contributed by atoms with Gasteiger partial charge in [0.1, 0.15) is 15.5 Å². The van der Waals surface area contributed by atoms with Crippen molar-refractivity contribution < 1.29 is 14.3 Å². The highest BCUT2D eigenvalue weighted by molar-refractivity contribution is 7.21. The van der Waals surface area contributed by atoms with Crippen molar-refractivity contribution in [1.29, 1.82) is 0 Å². The van der Waals surface area contributed by atoms with Crippen LogP contribution in [0.25, 0.3) is 10.2 Å². The Morgan fingerprint density at radius 3 is 2.76 bits per heavy atom. The molecule has 0 spiro atoms. The smallest absolute Gasteiger partial charge is 0.350 e. The summed E-state index contributed by atoms with van der Waals surface area (Å²) < 4.78 is 9.92. The average molecular weight is 252 g/mol. The lowest BCUT2D eigenvalue weighted by atomic mass is 10.2. The number of fused-ring (bicyclic) bond motifs is 1. The predicted octanol–water partition coefficient (Wildman–Crippen LogP) is 1.98. The van der Waals surface area contributed by atoms with Crippen LogP contribution in [0.1, 0.15) is 15.4 Å². The predicted molar refractivity (Wildman–Crippen MR) is 66.7 cm³/mol. The standard InChI is InChI=1S/C11H12N2O3S/c1-5-4-6(15-2)7-8(12)9(11(14)16-3)17-10(7)13-5/h4H,12H2,1-3H3. The monoisotopic (exact) mass is 252 g/mol. The number of thiophene rings is 1. The minimum absolute atomic E-state index is 0.360. The number of hydrogen-bond donors (Lipinski definition) is 1. The lowest BCUT2D eigenvalue weighted by molar-refractivity contribution is 0.0607. The molecule has 0 amide bonds. The van der Waals surface area contributed by atoms with Crippen LogP contribution in [0.3, 0.4) is 0 Å². The molecule has 0 aromatic carbocycles. The van der Waals surface area contributed by atoms with Crippen LogP contribution in [-0.2, 0) is 4.74 Å². The molecule has 0 aliphatic rings. The van der Waals surface area contributed by atoms with Crippen LogP contribution in [0.2, 0.25) is 0 Å². The van der Waals surface area contributed by atoms with Gasteiger partial charge in [-0.25, -0.2) is 9.78 Å². The number of pyridine rings is 1. The molecule has 2 aromatic rings. The van der Waals surface area contributed by atoms with E-state index in [1.165, 1.54) is 18.4 Å². The topological polar surface area (TPSA) is 74.4 Å². The summed E-state index contributed by atoms with van der Waals surface area (Å²) in [5.74, 6) is 0.168. The molecule has 90 valence electrons. The van der Waals surface area contributed by atoms with E-state index in [9.17, 15) is 4.79 Å². The second-order valence-corrected chi connectivity index (χ2v) is 4.48. The van der Waals surface area contributed by atoms with Crippen LogP contribution < -0.4 is 10.5 Å². The zero-order chi connectivity index (χ0) is 12.6. The molecule has 0 radical (unpaired) electrons. The van der Waals surface area contributed by atoms with Crippen LogP contribution >= 0.6 is 11.3 Å². The lowest BCUT2D eigenvalue weighted by Gasteiger charge is -2.03. The minimum Gasteiger partial charge on any atom is -0.496 e. The first-order valence-corrected chi connectivity index (χ1v) is 5.72. The molecule has 0 bridgehead atoms. The fourth-order valence-electron chi connectivity index (χ4n) is 1.61. The van der Waals surface area contributed by atoms with Gasteiger partial charge in [0.05, 0.1) is 25.3 Å². The molecular formula is C11H12N2O3S. The molecule has 5 nitrogen and oxygen atoms in total. The van der Waals surface area contributed by atoms with Gasteiger partial charge in [0, 0.05) is 11.8 Å². The summed E-state index contributed by atoms with van der Waals surface area (Å²) in [7, 11) is 2.88. The van der Waals surface area contributed by atoms with Gasteiger partial charge in [-0.1, -0.05) is 0 Å². The van der Waals surface area contributed by atoms with Gasteiger partial charge in [-0.2, -0.15) is 0 Å². The van der Waals surface area contributed by atoms with E-state index in [0.717, 1.165) is 5.69 Å². The Morgan fingerprint density at radius 2 is 2.18 bits per heavy atom. The Bertz CT molecular complexity index is 592. The fraction of sp³-hybridized carbons (Fsp3) is 0.273. The zero-order valence-corrected chi connectivity index (χ0v) is 10.6. The number of aryl methyl sites for hydroxylation is 1. The molecule has 2 heterocycles. The summed E-state index contributed by atoms with van der Waals surface area (Å²) >= 11 is 1.21. The SMILES string of the molecule is COC(=O)c1sc2nc(C)cc(OC)c2c1N. The average Bonchev–Trinajstić information content (AvgIpc) is 2.64. The van der Waals surface area contributed by atoms with Gasteiger partial charge in [0.15, 0.2) is 0 Å². The van der Waals surface area contributed by atoms with Crippen molar-refractivity contribution in [3.05, 3.63) is 16.6 Å². The number of hydrogen-bond acceptors (Lipinski definition) is 6. The van der Waals surface area contributed by atoms with E-state index in [-0.39, 0.29) is 0 Å². The third-order valence-electron chi connectivity index (χ3n) is 2.38. The first-order valence-electron chi connectivity index (χ1n) is 4.90. The molecule has 0 saturated heterocycles. The van der Waals surface area contributed by atoms with Gasteiger partial charge in [0.2, 0.25) is 0 Å². The van der Waals surface area contributed by atoms with Crippen molar-refractivity contribution in [3.8, 4) is 5.75 Å². The van der Waals surface area contributed by atoms with Crippen molar-refractivity contribution in [2.45, 2.75) is 6.92 Å². The van der Waals surface area contributed by atoms with Gasteiger partial charge in [-0.3, -0.25) is 0 Å². The largest absolute Gasteiger partial charge is 0.496 e. The maximum absolute atomic E-state index is 11.5. The molecule has 0 aliphatic carbocycles. The van der Waals surface area contributed by atoms with E-state index in [1.54, 1.807) is 13.2 Å². The van der Waals surface area contributed by atoms with E-state index in [4.69, 9.17) is 10.5 Å². The highest BCUT2D eigenvalue weighted by Crippen LogP contribution is 2.38. The molecule has 0 atom stereocenters. The number of methoxy groups -OCH3 is 2. The van der Waals surface area contributed by atoms with Gasteiger partial charge in [-0.15, -0.1) is 11.3 Å². The third kappa shape index (κ3) is 1.80. The van der Waals surface area contributed by atoms with Crippen molar-refractivity contribution in [1.82, 2.24) is 4.98 Å². The molecule has 0 saturated carbocycles. The number of ether oxygens (including phenoxy) is 2. The summed E-state index contributed by atoms with van der Waals surface area (Å²) in [6.45, 7) is 1.86. The second kappa shape index (κ2) is 4.21. The highest BCUT2D eigenvalue weighted by Gasteiger charge is 2.20. The van der Waals surface area contributed by atoms with Crippen molar-refractivity contribution >= 4 is 33.2 Å². The Morgan fingerprint density at radius 1 is 1.47 bits per heavy atom. The molecule has 0 fully saturated rings. The molecule has 0 aliphatic heterocycles. The van der Waals surface area contributed by atoms with E-state index in [2.05, 4.69) is 9.72 Å². The minimum atomic E-state index is -0.454. The summed E-state index contributed by atoms with van der Waals surface area (Å²) in [5, 5.41) is 0.670. The number of esters is 1. The molecule has 2 N–H and O–H groups in total. The van der Waals surface area contributed by atoms with Gasteiger partial charge in [0.25, 0.3) is 0 Å². The lowest BCUT2D eigenvalue weighted by Crippen LogP contribution is -2.01. The molecular weight excluding hydrogens is 240 g/mol. The Labute approximate surface area is 102 Å². The molecule has 17 heavy (non-hydrogen) atoms. The number of carbonyl (C=O) groups excluding carboxylic acids is 1. The number of nitrogen functional groups attached to an aromatic ring is 1. The number of rotatable bonds is 2. The number of aromatic nitrogens is 1. The summed E-state index contributed by atoms with van der Waals surface area (Å²) in [4.78, 5) is 16.9. The van der Waals surface area contributed by atoms with Crippen LogP contribution in [0, 0.1) is 6.92 Å². The number of carbonyl (C=O) groups is 1. The molecule has 6 heteroatoms. The van der Waals surface area contributed by atoms with Gasteiger partial charge in [-0.05, 0) is 6.92 Å². The second-order valence-electron chi connectivity index (χ2n) is 3.48. The summed E-state index contributed by atoms with van der Waals surface area (Å²) in [6, 6.07) is 1.78. The van der Waals surface area contributed by atoms with Crippen LogP contribution in [0.15, 0.2) is 6.07 Å². The fourth-order valence-corrected chi connectivity index (χ4v) is 2.68. The Hall–Kier alpha value is -1.82. The number of nitrogens with two attached hydrogens (primary N) is 1. The summed E-state index contributed by atoms with van der Waals surface area (Å²) in [5.41, 5.74) is 7.11. The molecule has 2 rings (SSSR count).